The van der Waals surface area contributed by atoms with Gasteiger partial charge in [-0.15, -0.1) is 0 Å². The van der Waals surface area contributed by atoms with E-state index in [1.54, 1.807) is 6.92 Å². The number of halogens is 1. The van der Waals surface area contributed by atoms with Crippen LogP contribution in [0.5, 0.6) is 0 Å². The molecule has 0 radical (unpaired) electrons. The molecule has 0 aliphatic heterocycles. The molecule has 1 heterocycles. The average Bonchev–Trinajstić information content (AvgIpc) is 2.62. The first kappa shape index (κ1) is 12.9. The second kappa shape index (κ2) is 5.22. The highest BCUT2D eigenvalue weighted by atomic mass is 35.5. The van der Waals surface area contributed by atoms with Crippen LogP contribution in [0.4, 0.5) is 0 Å². The smallest absolute Gasteiger partial charge is 0.252 e. The highest BCUT2D eigenvalue weighted by Crippen LogP contribution is 2.22. The number of nitrogens with one attached hydrogen (secondary N) is 1. The van der Waals surface area contributed by atoms with Gasteiger partial charge >= 0.3 is 0 Å². The summed E-state index contributed by atoms with van der Waals surface area (Å²) in [5.41, 5.74) is 0. The topological polar surface area (TPSA) is 79.3 Å². The van der Waals surface area contributed by atoms with Crippen LogP contribution in [-0.4, -0.2) is 31.2 Å². The van der Waals surface area contributed by atoms with Gasteiger partial charge in [-0.1, -0.05) is 29.9 Å². The van der Waals surface area contributed by atoms with Crippen molar-refractivity contribution in [2.24, 2.45) is 0 Å². The highest BCUT2D eigenvalue weighted by molar-refractivity contribution is 7.91. The maximum atomic E-state index is 11.7. The van der Waals surface area contributed by atoms with Gasteiger partial charge in [-0.3, -0.25) is 0 Å². The van der Waals surface area contributed by atoms with Gasteiger partial charge in [-0.25, -0.2) is 18.1 Å². The quantitative estimate of drug-likeness (QED) is 0.831. The molecule has 0 aliphatic carbocycles. The van der Waals surface area contributed by atoms with Crippen LogP contribution >= 0.6 is 22.9 Å². The molecular weight excluding hydrogens is 260 g/mol. The van der Waals surface area contributed by atoms with E-state index >= 15 is 0 Å². The van der Waals surface area contributed by atoms with Gasteiger partial charge in [0.05, 0.1) is 12.8 Å². The molecule has 15 heavy (non-hydrogen) atoms. The van der Waals surface area contributed by atoms with Crippen molar-refractivity contribution in [3.05, 3.63) is 10.7 Å². The lowest BCUT2D eigenvalue weighted by atomic mass is 10.3. The Balaban J connectivity index is 2.84. The normalized spacial score (nSPS) is 14.1. The van der Waals surface area contributed by atoms with E-state index in [1.807, 2.05) is 0 Å². The van der Waals surface area contributed by atoms with Crippen LogP contribution in [0, 0.1) is 0 Å². The molecule has 0 aromatic carbocycles. The summed E-state index contributed by atoms with van der Waals surface area (Å²) < 4.78 is 25.9. The van der Waals surface area contributed by atoms with E-state index < -0.39 is 16.1 Å². The Morgan fingerprint density at radius 3 is 2.80 bits per heavy atom. The number of aliphatic hydroxyl groups excluding tert-OH is 1. The van der Waals surface area contributed by atoms with Gasteiger partial charge in [-0.05, 0) is 6.42 Å². The van der Waals surface area contributed by atoms with Crippen molar-refractivity contribution in [2.45, 2.75) is 23.6 Å². The predicted molar refractivity (Wildman–Crippen MR) is 58.6 cm³/mol. The SMILES string of the molecule is CCC(CO)NS(=O)(=O)c1cnc(Cl)s1. The standard InChI is InChI=1S/C7H11ClN2O3S2/c1-2-5(4-11)10-15(12,13)6-3-9-7(8)14-6/h3,5,10-11H,2,4H2,1H3. The predicted octanol–water partition coefficient (Wildman–Crippen LogP) is 0.846. The zero-order chi connectivity index (χ0) is 11.5. The monoisotopic (exact) mass is 270 g/mol. The van der Waals surface area contributed by atoms with Gasteiger partial charge in [-0.2, -0.15) is 0 Å². The fourth-order valence-electron chi connectivity index (χ4n) is 0.891. The van der Waals surface area contributed by atoms with E-state index in [2.05, 4.69) is 9.71 Å². The first-order chi connectivity index (χ1) is 6.99. The van der Waals surface area contributed by atoms with E-state index in [0.717, 1.165) is 11.3 Å². The van der Waals surface area contributed by atoms with E-state index in [9.17, 15) is 8.42 Å². The molecule has 1 unspecified atom stereocenters. The molecule has 0 saturated heterocycles. The third-order valence-corrected chi connectivity index (χ3v) is 4.85. The zero-order valence-electron chi connectivity index (χ0n) is 7.97. The number of thiazole rings is 1. The molecule has 5 nitrogen and oxygen atoms in total. The minimum absolute atomic E-state index is 0.0550. The van der Waals surface area contributed by atoms with Crippen LogP contribution in [0.25, 0.3) is 0 Å². The lowest BCUT2D eigenvalue weighted by molar-refractivity contribution is 0.254. The van der Waals surface area contributed by atoms with Gasteiger partial charge in [0.15, 0.2) is 8.68 Å². The van der Waals surface area contributed by atoms with E-state index in [-0.39, 0.29) is 15.3 Å². The van der Waals surface area contributed by atoms with Crippen molar-refractivity contribution in [2.75, 3.05) is 6.61 Å². The molecule has 1 aromatic rings. The van der Waals surface area contributed by atoms with Crippen molar-refractivity contribution >= 4 is 33.0 Å². The van der Waals surface area contributed by atoms with Crippen LogP contribution in [0.15, 0.2) is 10.4 Å². The Hall–Kier alpha value is -0.210. The van der Waals surface area contributed by atoms with E-state index in [0.29, 0.717) is 6.42 Å². The minimum Gasteiger partial charge on any atom is -0.395 e. The van der Waals surface area contributed by atoms with Crippen molar-refractivity contribution in [3.63, 3.8) is 0 Å². The molecule has 1 aromatic heterocycles. The number of aliphatic hydroxyl groups is 1. The summed E-state index contributed by atoms with van der Waals surface area (Å²) in [6, 6.07) is -0.476. The summed E-state index contributed by atoms with van der Waals surface area (Å²) in [5.74, 6) is 0. The summed E-state index contributed by atoms with van der Waals surface area (Å²) in [6.07, 6.45) is 1.71. The molecule has 0 spiro atoms. The molecular formula is C7H11ClN2O3S2. The molecule has 1 rings (SSSR count). The molecule has 2 N–H and O–H groups in total. The Bertz CT molecular complexity index is 414. The molecule has 0 bridgehead atoms. The summed E-state index contributed by atoms with van der Waals surface area (Å²) in [5, 5.41) is 8.88. The fraction of sp³-hybridized carbons (Fsp3) is 0.571. The minimum atomic E-state index is -3.60. The average molecular weight is 271 g/mol. The maximum Gasteiger partial charge on any atom is 0.252 e. The van der Waals surface area contributed by atoms with Gasteiger partial charge in [0.25, 0.3) is 10.0 Å². The number of aromatic nitrogens is 1. The molecule has 0 saturated carbocycles. The van der Waals surface area contributed by atoms with Gasteiger partial charge in [0.1, 0.15) is 0 Å². The largest absolute Gasteiger partial charge is 0.395 e. The third-order valence-electron chi connectivity index (χ3n) is 1.76. The van der Waals surface area contributed by atoms with Crippen molar-refractivity contribution in [3.8, 4) is 0 Å². The number of hydrogen-bond donors (Lipinski definition) is 2. The second-order valence-electron chi connectivity index (χ2n) is 2.84. The lowest BCUT2D eigenvalue weighted by Gasteiger charge is -2.12. The molecule has 86 valence electrons. The molecule has 1 atom stereocenters. The van der Waals surface area contributed by atoms with Crippen LogP contribution in [0.1, 0.15) is 13.3 Å². The number of nitrogens with zero attached hydrogens (tertiary/aromatic N) is 1. The van der Waals surface area contributed by atoms with Crippen LogP contribution in [0.2, 0.25) is 4.47 Å². The number of sulfonamides is 1. The second-order valence-corrected chi connectivity index (χ2v) is 6.39. The van der Waals surface area contributed by atoms with Crippen LogP contribution < -0.4 is 4.72 Å². The third kappa shape index (κ3) is 3.39. The molecule has 0 aliphatic rings. The maximum absolute atomic E-state index is 11.7. The van der Waals surface area contributed by atoms with E-state index in [4.69, 9.17) is 16.7 Å². The number of rotatable bonds is 5. The number of hydrogen-bond acceptors (Lipinski definition) is 5. The Kier molecular flexibility index (Phi) is 4.47. The van der Waals surface area contributed by atoms with Gasteiger partial charge < -0.3 is 5.11 Å². The van der Waals surface area contributed by atoms with Crippen molar-refractivity contribution in [1.82, 2.24) is 9.71 Å². The first-order valence-corrected chi connectivity index (χ1v) is 6.92. The Labute approximate surface area is 97.2 Å². The zero-order valence-corrected chi connectivity index (χ0v) is 10.4. The molecule has 0 fully saturated rings. The first-order valence-electron chi connectivity index (χ1n) is 4.24. The van der Waals surface area contributed by atoms with E-state index in [1.165, 1.54) is 6.20 Å². The fourth-order valence-corrected chi connectivity index (χ4v) is 3.51. The summed E-state index contributed by atoms with van der Waals surface area (Å²) in [4.78, 5) is 3.64. The lowest BCUT2D eigenvalue weighted by Crippen LogP contribution is -2.36. The van der Waals surface area contributed by atoms with Crippen LogP contribution in [0.3, 0.4) is 0 Å². The summed E-state index contributed by atoms with van der Waals surface area (Å²) >= 11 is 6.42. The Morgan fingerprint density at radius 1 is 1.73 bits per heavy atom. The summed E-state index contributed by atoms with van der Waals surface area (Å²) in [6.45, 7) is 1.55. The summed E-state index contributed by atoms with van der Waals surface area (Å²) in [7, 11) is -3.60. The molecule has 0 amide bonds. The van der Waals surface area contributed by atoms with Crippen molar-refractivity contribution in [1.29, 1.82) is 0 Å². The van der Waals surface area contributed by atoms with Crippen LogP contribution in [-0.2, 0) is 10.0 Å². The molecule has 8 heteroatoms. The van der Waals surface area contributed by atoms with Gasteiger partial charge in [0, 0.05) is 6.04 Å². The highest BCUT2D eigenvalue weighted by Gasteiger charge is 2.20. The Morgan fingerprint density at radius 2 is 2.40 bits per heavy atom. The van der Waals surface area contributed by atoms with Gasteiger partial charge in [0.2, 0.25) is 0 Å². The van der Waals surface area contributed by atoms with Crippen molar-refractivity contribution < 1.29 is 13.5 Å².